The van der Waals surface area contributed by atoms with Gasteiger partial charge < -0.3 is 10.2 Å². The molecule has 1 aliphatic heterocycles. The van der Waals surface area contributed by atoms with Crippen LogP contribution in [0, 0.1) is 0 Å². The molecule has 0 spiro atoms. The van der Waals surface area contributed by atoms with Crippen LogP contribution in [0.5, 0.6) is 0 Å². The van der Waals surface area contributed by atoms with Crippen molar-refractivity contribution in [1.82, 2.24) is 20.5 Å². The van der Waals surface area contributed by atoms with E-state index in [2.05, 4.69) is 32.4 Å². The Balaban J connectivity index is 1.99. The van der Waals surface area contributed by atoms with E-state index in [-0.39, 0.29) is 0 Å². The zero-order valence-electron chi connectivity index (χ0n) is 9.57. The van der Waals surface area contributed by atoms with Gasteiger partial charge in [0.15, 0.2) is 5.82 Å². The number of aromatic amines is 1. The Labute approximate surface area is 104 Å². The highest BCUT2D eigenvalue weighted by molar-refractivity contribution is 6.30. The molecule has 0 saturated carbocycles. The first-order valence-electron chi connectivity index (χ1n) is 5.69. The summed E-state index contributed by atoms with van der Waals surface area (Å²) in [6.07, 6.45) is 2.92. The van der Waals surface area contributed by atoms with Gasteiger partial charge in [0.25, 0.3) is 0 Å². The number of hydrogen-bond acceptors (Lipinski definition) is 4. The van der Waals surface area contributed by atoms with Gasteiger partial charge in [-0.3, -0.25) is 5.10 Å². The summed E-state index contributed by atoms with van der Waals surface area (Å²) >= 11 is 5.85. The molecule has 3 heterocycles. The quantitative estimate of drug-likeness (QED) is 0.793. The number of nitrogens with zero attached hydrogens (tertiary/aromatic N) is 3. The average molecular weight is 252 g/mol. The number of hydrogen-bond donors (Lipinski definition) is 2. The van der Waals surface area contributed by atoms with E-state index in [4.69, 9.17) is 11.6 Å². The molecule has 0 radical (unpaired) electrons. The first-order chi connectivity index (χ1) is 8.25. The molecule has 0 aromatic carbocycles. The molecule has 3 rings (SSSR count). The second-order valence-electron chi connectivity index (χ2n) is 4.36. The van der Waals surface area contributed by atoms with Gasteiger partial charge in [0.05, 0.1) is 10.9 Å². The highest BCUT2D eigenvalue weighted by atomic mass is 35.5. The van der Waals surface area contributed by atoms with Crippen LogP contribution in [-0.4, -0.2) is 41.4 Å². The third-order valence-electron chi connectivity index (χ3n) is 3.31. The Hall–Kier alpha value is -1.33. The number of pyridine rings is 1. The minimum Gasteiger partial charge on any atom is -0.353 e. The second-order valence-corrected chi connectivity index (χ2v) is 4.74. The Morgan fingerprint density at radius 1 is 1.53 bits per heavy atom. The van der Waals surface area contributed by atoms with E-state index < -0.39 is 0 Å². The predicted molar refractivity (Wildman–Crippen MR) is 68.6 cm³/mol. The van der Waals surface area contributed by atoms with E-state index in [1.807, 2.05) is 0 Å². The van der Waals surface area contributed by atoms with Crippen molar-refractivity contribution >= 4 is 28.3 Å². The molecule has 1 aliphatic rings. The molecule has 2 aromatic rings. The zero-order valence-corrected chi connectivity index (χ0v) is 10.3. The standard InChI is InChI=1S/C11H14ClN5/c1-17(7-2-3-13-5-7)11-8-6-14-10(12)4-9(8)15-16-11/h4,6-7,13H,2-3,5H2,1H3,(H,15,16). The molecule has 90 valence electrons. The zero-order chi connectivity index (χ0) is 11.8. The Bertz CT molecular complexity index is 532. The van der Waals surface area contributed by atoms with Gasteiger partial charge in [0.2, 0.25) is 0 Å². The summed E-state index contributed by atoms with van der Waals surface area (Å²) in [6, 6.07) is 2.30. The van der Waals surface area contributed by atoms with Crippen molar-refractivity contribution in [1.29, 1.82) is 0 Å². The van der Waals surface area contributed by atoms with Gasteiger partial charge in [0, 0.05) is 31.9 Å². The lowest BCUT2D eigenvalue weighted by Crippen LogP contribution is -2.33. The van der Waals surface area contributed by atoms with Crippen molar-refractivity contribution in [2.24, 2.45) is 0 Å². The van der Waals surface area contributed by atoms with Crippen molar-refractivity contribution < 1.29 is 0 Å². The Morgan fingerprint density at radius 3 is 3.18 bits per heavy atom. The maximum Gasteiger partial charge on any atom is 0.159 e. The van der Waals surface area contributed by atoms with Crippen LogP contribution in [0.25, 0.3) is 10.9 Å². The maximum atomic E-state index is 5.85. The molecule has 0 aliphatic carbocycles. The molecule has 2 N–H and O–H groups in total. The second kappa shape index (κ2) is 4.16. The summed E-state index contributed by atoms with van der Waals surface area (Å²) in [5, 5.41) is 12.2. The smallest absolute Gasteiger partial charge is 0.159 e. The highest BCUT2D eigenvalue weighted by Gasteiger charge is 2.22. The number of fused-ring (bicyclic) bond motifs is 1. The lowest BCUT2D eigenvalue weighted by Gasteiger charge is -2.23. The van der Waals surface area contributed by atoms with E-state index in [1.165, 1.54) is 0 Å². The number of rotatable bonds is 2. The lowest BCUT2D eigenvalue weighted by atomic mass is 10.2. The first-order valence-corrected chi connectivity index (χ1v) is 6.06. The van der Waals surface area contributed by atoms with Crippen molar-refractivity contribution in [2.45, 2.75) is 12.5 Å². The highest BCUT2D eigenvalue weighted by Crippen LogP contribution is 2.26. The summed E-state index contributed by atoms with van der Waals surface area (Å²) < 4.78 is 0. The summed E-state index contributed by atoms with van der Waals surface area (Å²) in [5.74, 6) is 0.942. The van der Waals surface area contributed by atoms with E-state index in [1.54, 1.807) is 12.3 Å². The lowest BCUT2D eigenvalue weighted by molar-refractivity contribution is 0.678. The fraction of sp³-hybridized carbons (Fsp3) is 0.455. The van der Waals surface area contributed by atoms with Gasteiger partial charge in [-0.2, -0.15) is 5.10 Å². The van der Waals surface area contributed by atoms with Gasteiger partial charge in [-0.15, -0.1) is 0 Å². The van der Waals surface area contributed by atoms with Crippen LogP contribution in [0.3, 0.4) is 0 Å². The van der Waals surface area contributed by atoms with Crippen LogP contribution in [-0.2, 0) is 0 Å². The molecule has 1 fully saturated rings. The van der Waals surface area contributed by atoms with Crippen molar-refractivity contribution in [3.8, 4) is 0 Å². The largest absolute Gasteiger partial charge is 0.353 e. The fourth-order valence-corrected chi connectivity index (χ4v) is 2.44. The summed E-state index contributed by atoms with van der Waals surface area (Å²) in [7, 11) is 2.07. The SMILES string of the molecule is CN(c1n[nH]c2cc(Cl)ncc12)C1CCNC1. The molecule has 2 aromatic heterocycles. The Morgan fingerprint density at radius 2 is 2.41 bits per heavy atom. The molecule has 1 saturated heterocycles. The predicted octanol–water partition coefficient (Wildman–Crippen LogP) is 1.41. The van der Waals surface area contributed by atoms with Gasteiger partial charge in [-0.1, -0.05) is 11.6 Å². The molecule has 1 atom stereocenters. The number of nitrogens with one attached hydrogen (secondary N) is 2. The maximum absolute atomic E-state index is 5.85. The minimum atomic E-state index is 0.484. The third kappa shape index (κ3) is 1.85. The third-order valence-corrected chi connectivity index (χ3v) is 3.52. The number of H-pyrrole nitrogens is 1. The molecular weight excluding hydrogens is 238 g/mol. The normalized spacial score (nSPS) is 20.0. The molecule has 1 unspecified atom stereocenters. The van der Waals surface area contributed by atoms with Crippen LogP contribution in [0.15, 0.2) is 12.3 Å². The van der Waals surface area contributed by atoms with Gasteiger partial charge in [-0.05, 0) is 13.0 Å². The summed E-state index contributed by atoms with van der Waals surface area (Å²) in [6.45, 7) is 2.08. The van der Waals surface area contributed by atoms with E-state index in [9.17, 15) is 0 Å². The molecule has 6 heteroatoms. The minimum absolute atomic E-state index is 0.484. The van der Waals surface area contributed by atoms with Crippen LogP contribution in [0.1, 0.15) is 6.42 Å². The van der Waals surface area contributed by atoms with Crippen LogP contribution in [0.4, 0.5) is 5.82 Å². The summed E-state index contributed by atoms with van der Waals surface area (Å²) in [5.41, 5.74) is 0.929. The number of likely N-dealkylation sites (N-methyl/N-ethyl adjacent to an activating group) is 1. The van der Waals surface area contributed by atoms with E-state index in [0.717, 1.165) is 36.2 Å². The molecule has 0 amide bonds. The number of aromatic nitrogens is 3. The van der Waals surface area contributed by atoms with E-state index in [0.29, 0.717) is 11.2 Å². The van der Waals surface area contributed by atoms with Crippen molar-refractivity contribution in [3.63, 3.8) is 0 Å². The first kappa shape index (κ1) is 10.8. The Kier molecular flexibility index (Phi) is 2.64. The fourth-order valence-electron chi connectivity index (χ4n) is 2.29. The molecule has 0 bridgehead atoms. The molecular formula is C11H14ClN5. The topological polar surface area (TPSA) is 56.8 Å². The number of halogens is 1. The van der Waals surface area contributed by atoms with Gasteiger partial charge >= 0.3 is 0 Å². The van der Waals surface area contributed by atoms with Crippen molar-refractivity contribution in [2.75, 3.05) is 25.0 Å². The van der Waals surface area contributed by atoms with Crippen LogP contribution in [0.2, 0.25) is 5.15 Å². The van der Waals surface area contributed by atoms with Crippen molar-refractivity contribution in [3.05, 3.63) is 17.4 Å². The average Bonchev–Trinajstić information content (AvgIpc) is 2.96. The number of anilines is 1. The van der Waals surface area contributed by atoms with Gasteiger partial charge in [0.1, 0.15) is 5.15 Å². The molecule has 5 nitrogen and oxygen atoms in total. The van der Waals surface area contributed by atoms with Gasteiger partial charge in [-0.25, -0.2) is 4.98 Å². The van der Waals surface area contributed by atoms with Crippen LogP contribution < -0.4 is 10.2 Å². The molecule has 17 heavy (non-hydrogen) atoms. The summed E-state index contributed by atoms with van der Waals surface area (Å²) in [4.78, 5) is 6.32. The monoisotopic (exact) mass is 251 g/mol. The van der Waals surface area contributed by atoms with Crippen LogP contribution >= 0.6 is 11.6 Å². The van der Waals surface area contributed by atoms with E-state index >= 15 is 0 Å².